The van der Waals surface area contributed by atoms with Crippen LogP contribution in [0.1, 0.15) is 15.9 Å². The maximum Gasteiger partial charge on any atom is 0.179 e. The van der Waals surface area contributed by atoms with E-state index in [0.29, 0.717) is 6.54 Å². The number of rotatable bonds is 7. The van der Waals surface area contributed by atoms with Gasteiger partial charge in [0.1, 0.15) is 0 Å². The Bertz CT molecular complexity index is 1240. The van der Waals surface area contributed by atoms with Crippen LogP contribution in [0.4, 0.5) is 0 Å². The molecule has 4 nitrogen and oxygen atoms in total. The molecule has 166 valence electrons. The molecule has 0 atom stereocenters. The number of aromatic amines is 1. The Morgan fingerprint density at radius 1 is 0.788 bits per heavy atom. The minimum Gasteiger partial charge on any atom is -0.354 e. The molecule has 0 aliphatic carbocycles. The Labute approximate surface area is 195 Å². The molecule has 5 rings (SSSR count). The average molecular weight is 436 g/mol. The van der Waals surface area contributed by atoms with Gasteiger partial charge in [-0.3, -0.25) is 14.6 Å². The molecule has 4 heteroatoms. The van der Waals surface area contributed by atoms with Crippen LogP contribution in [-0.2, 0) is 0 Å². The molecule has 2 heterocycles. The number of para-hydroxylation sites is 1. The zero-order valence-corrected chi connectivity index (χ0v) is 18.8. The normalized spacial score (nSPS) is 15.4. The fourth-order valence-electron chi connectivity index (χ4n) is 4.57. The van der Waals surface area contributed by atoms with Crippen molar-refractivity contribution < 1.29 is 4.79 Å². The Balaban J connectivity index is 1.24. The van der Waals surface area contributed by atoms with Crippen LogP contribution in [0.25, 0.3) is 28.2 Å². The maximum atomic E-state index is 13.5. The first-order chi connectivity index (χ1) is 16.3. The average Bonchev–Trinajstić information content (AvgIpc) is 3.26. The van der Waals surface area contributed by atoms with Crippen molar-refractivity contribution >= 4 is 22.8 Å². The highest BCUT2D eigenvalue weighted by Gasteiger charge is 2.23. The molecular formula is C29H29N3O. The summed E-state index contributed by atoms with van der Waals surface area (Å²) in [5, 5.41) is 1.01. The van der Waals surface area contributed by atoms with Crippen molar-refractivity contribution in [3.8, 4) is 11.3 Å². The van der Waals surface area contributed by atoms with Gasteiger partial charge in [-0.1, -0.05) is 91.0 Å². The molecule has 1 saturated heterocycles. The number of carbonyl (C=O) groups excluding carboxylic acids is 1. The van der Waals surface area contributed by atoms with Gasteiger partial charge < -0.3 is 4.98 Å². The van der Waals surface area contributed by atoms with Crippen LogP contribution >= 0.6 is 0 Å². The number of benzene rings is 3. The molecule has 0 saturated carbocycles. The number of nitrogens with zero attached hydrogens (tertiary/aromatic N) is 2. The van der Waals surface area contributed by atoms with Gasteiger partial charge in [0.25, 0.3) is 0 Å². The number of aromatic nitrogens is 1. The maximum absolute atomic E-state index is 13.5. The number of hydrogen-bond donors (Lipinski definition) is 1. The van der Waals surface area contributed by atoms with Crippen LogP contribution in [0.2, 0.25) is 0 Å². The van der Waals surface area contributed by atoms with Gasteiger partial charge in [0.2, 0.25) is 0 Å². The zero-order valence-electron chi connectivity index (χ0n) is 18.8. The number of carbonyl (C=O) groups is 1. The molecule has 1 aliphatic rings. The predicted molar refractivity (Wildman–Crippen MR) is 136 cm³/mol. The van der Waals surface area contributed by atoms with E-state index >= 15 is 0 Å². The smallest absolute Gasteiger partial charge is 0.179 e. The lowest BCUT2D eigenvalue weighted by molar-refractivity contribution is 0.0867. The van der Waals surface area contributed by atoms with E-state index < -0.39 is 0 Å². The summed E-state index contributed by atoms with van der Waals surface area (Å²) in [4.78, 5) is 21.7. The minimum absolute atomic E-state index is 0.184. The largest absolute Gasteiger partial charge is 0.354 e. The summed E-state index contributed by atoms with van der Waals surface area (Å²) < 4.78 is 0. The number of piperazine rings is 1. The highest BCUT2D eigenvalue weighted by molar-refractivity contribution is 6.14. The number of nitrogens with one attached hydrogen (secondary N) is 1. The van der Waals surface area contributed by atoms with Crippen molar-refractivity contribution in [1.82, 2.24) is 14.8 Å². The van der Waals surface area contributed by atoms with E-state index in [2.05, 4.69) is 63.3 Å². The number of Topliss-reactive ketones (excluding diaryl/α,β-unsaturated/α-hetero) is 1. The lowest BCUT2D eigenvalue weighted by Gasteiger charge is -2.33. The van der Waals surface area contributed by atoms with Crippen molar-refractivity contribution in [3.63, 3.8) is 0 Å². The first kappa shape index (κ1) is 21.4. The minimum atomic E-state index is 0.184. The van der Waals surface area contributed by atoms with Gasteiger partial charge in [0.15, 0.2) is 5.78 Å². The van der Waals surface area contributed by atoms with E-state index in [1.54, 1.807) is 0 Å². The van der Waals surface area contributed by atoms with E-state index in [4.69, 9.17) is 0 Å². The van der Waals surface area contributed by atoms with E-state index in [-0.39, 0.29) is 5.78 Å². The standard InChI is InChI=1S/C29H29N3O/c33-27(22-32-20-18-31(19-21-32)17-9-12-23-10-3-1-4-11-23)28-25-15-7-8-16-26(25)30-29(28)24-13-5-2-6-14-24/h1-16,30H,17-22H2/b12-9+. The van der Waals surface area contributed by atoms with Crippen LogP contribution in [0.3, 0.4) is 0 Å². The summed E-state index contributed by atoms with van der Waals surface area (Å²) in [5.74, 6) is 0.184. The van der Waals surface area contributed by atoms with Crippen LogP contribution in [0.5, 0.6) is 0 Å². The van der Waals surface area contributed by atoms with Gasteiger partial charge in [-0.05, 0) is 17.2 Å². The van der Waals surface area contributed by atoms with Crippen LogP contribution in [0.15, 0.2) is 91.0 Å². The molecule has 1 fully saturated rings. The lowest BCUT2D eigenvalue weighted by Crippen LogP contribution is -2.47. The third-order valence-corrected chi connectivity index (χ3v) is 6.35. The second-order valence-corrected chi connectivity index (χ2v) is 8.60. The number of hydrogen-bond acceptors (Lipinski definition) is 3. The Hall–Kier alpha value is -3.47. The van der Waals surface area contributed by atoms with Gasteiger partial charge >= 0.3 is 0 Å². The van der Waals surface area contributed by atoms with Crippen LogP contribution < -0.4 is 0 Å². The summed E-state index contributed by atoms with van der Waals surface area (Å²) in [6.07, 6.45) is 4.41. The van der Waals surface area contributed by atoms with Crippen molar-refractivity contribution in [2.75, 3.05) is 39.3 Å². The molecule has 0 unspecified atom stereocenters. The first-order valence-electron chi connectivity index (χ1n) is 11.6. The van der Waals surface area contributed by atoms with Crippen molar-refractivity contribution in [2.45, 2.75) is 0 Å². The molecule has 3 aromatic carbocycles. The SMILES string of the molecule is O=C(CN1CCN(C/C=C/c2ccccc2)CC1)c1c(-c2ccccc2)[nH]c2ccccc12. The van der Waals surface area contributed by atoms with E-state index in [1.165, 1.54) is 5.56 Å². The van der Waals surface area contributed by atoms with Gasteiger partial charge in [-0.2, -0.15) is 0 Å². The quantitative estimate of drug-likeness (QED) is 0.398. The number of H-pyrrole nitrogens is 1. The van der Waals surface area contributed by atoms with Crippen LogP contribution in [-0.4, -0.2) is 59.8 Å². The van der Waals surface area contributed by atoms with Gasteiger partial charge in [-0.25, -0.2) is 0 Å². The predicted octanol–water partition coefficient (Wildman–Crippen LogP) is 5.35. The Morgan fingerprint density at radius 2 is 1.42 bits per heavy atom. The van der Waals surface area contributed by atoms with Crippen molar-refractivity contribution in [2.24, 2.45) is 0 Å². The summed E-state index contributed by atoms with van der Waals surface area (Å²) in [5.41, 5.74) is 5.02. The zero-order chi connectivity index (χ0) is 22.5. The fourth-order valence-corrected chi connectivity index (χ4v) is 4.57. The molecule has 4 aromatic rings. The van der Waals surface area contributed by atoms with Crippen LogP contribution in [0, 0.1) is 0 Å². The first-order valence-corrected chi connectivity index (χ1v) is 11.6. The second kappa shape index (κ2) is 9.99. The highest BCUT2D eigenvalue weighted by atomic mass is 16.1. The third-order valence-electron chi connectivity index (χ3n) is 6.35. The van der Waals surface area contributed by atoms with E-state index in [0.717, 1.165) is 60.4 Å². The molecule has 1 N–H and O–H groups in total. The second-order valence-electron chi connectivity index (χ2n) is 8.60. The third kappa shape index (κ3) is 4.98. The fraction of sp³-hybridized carbons (Fsp3) is 0.207. The summed E-state index contributed by atoms with van der Waals surface area (Å²) >= 11 is 0. The summed E-state index contributed by atoms with van der Waals surface area (Å²) in [6, 6.07) is 28.6. The topological polar surface area (TPSA) is 39.3 Å². The molecule has 1 aliphatic heterocycles. The monoisotopic (exact) mass is 435 g/mol. The number of ketones is 1. The molecule has 0 amide bonds. The Morgan fingerprint density at radius 3 is 2.18 bits per heavy atom. The molecule has 1 aromatic heterocycles. The molecule has 0 bridgehead atoms. The molecule has 0 spiro atoms. The van der Waals surface area contributed by atoms with Gasteiger partial charge in [-0.15, -0.1) is 0 Å². The van der Waals surface area contributed by atoms with E-state index in [9.17, 15) is 4.79 Å². The lowest BCUT2D eigenvalue weighted by atomic mass is 10.0. The molecule has 0 radical (unpaired) electrons. The van der Waals surface area contributed by atoms with Crippen molar-refractivity contribution in [1.29, 1.82) is 0 Å². The van der Waals surface area contributed by atoms with E-state index in [1.807, 2.05) is 48.5 Å². The molecular weight excluding hydrogens is 406 g/mol. The summed E-state index contributed by atoms with van der Waals surface area (Å²) in [6.45, 7) is 5.17. The van der Waals surface area contributed by atoms with Gasteiger partial charge in [0, 0.05) is 43.6 Å². The Kier molecular flexibility index (Phi) is 6.47. The number of fused-ring (bicyclic) bond motifs is 1. The van der Waals surface area contributed by atoms with Crippen molar-refractivity contribution in [3.05, 3.63) is 102 Å². The summed E-state index contributed by atoms with van der Waals surface area (Å²) in [7, 11) is 0. The van der Waals surface area contributed by atoms with Gasteiger partial charge in [0.05, 0.1) is 17.8 Å². The highest BCUT2D eigenvalue weighted by Crippen LogP contribution is 2.30. The molecule has 33 heavy (non-hydrogen) atoms.